The maximum Gasteiger partial charge on any atom is 0.225 e. The van der Waals surface area contributed by atoms with Crippen LogP contribution >= 0.6 is 23.2 Å². The molecular weight excluding hydrogens is 463 g/mol. The van der Waals surface area contributed by atoms with Gasteiger partial charge in [0, 0.05) is 27.4 Å². The van der Waals surface area contributed by atoms with E-state index in [0.717, 1.165) is 33.1 Å². The van der Waals surface area contributed by atoms with E-state index in [4.69, 9.17) is 23.2 Å². The van der Waals surface area contributed by atoms with Crippen molar-refractivity contribution in [1.82, 2.24) is 19.5 Å². The molecule has 0 spiro atoms. The Morgan fingerprint density at radius 3 is 2.21 bits per heavy atom. The van der Waals surface area contributed by atoms with Crippen molar-refractivity contribution in [3.05, 3.63) is 101 Å². The summed E-state index contributed by atoms with van der Waals surface area (Å²) < 4.78 is 2.32. The fourth-order valence-electron chi connectivity index (χ4n) is 4.91. The molecule has 0 atom stereocenters. The van der Waals surface area contributed by atoms with Crippen molar-refractivity contribution in [3.8, 4) is 16.8 Å². The first-order chi connectivity index (χ1) is 16.7. The van der Waals surface area contributed by atoms with Crippen molar-refractivity contribution in [2.24, 2.45) is 0 Å². The molecular formula is C28H16Cl2N4. The lowest BCUT2D eigenvalue weighted by atomic mass is 10.0. The molecule has 0 aliphatic rings. The molecule has 0 aliphatic carbocycles. The van der Waals surface area contributed by atoms with Crippen LogP contribution in [0.2, 0.25) is 10.4 Å². The molecule has 34 heavy (non-hydrogen) atoms. The van der Waals surface area contributed by atoms with E-state index >= 15 is 0 Å². The van der Waals surface area contributed by atoms with Crippen LogP contribution in [0.3, 0.4) is 0 Å². The number of nitrogens with one attached hydrogen (secondary N) is 1. The van der Waals surface area contributed by atoms with E-state index in [0.29, 0.717) is 10.8 Å². The summed E-state index contributed by atoms with van der Waals surface area (Å²) in [4.78, 5) is 11.7. The third kappa shape index (κ3) is 2.86. The van der Waals surface area contributed by atoms with Crippen LogP contribution in [-0.4, -0.2) is 19.5 Å². The highest BCUT2D eigenvalue weighted by Gasteiger charge is 2.15. The van der Waals surface area contributed by atoms with Gasteiger partial charge in [0.15, 0.2) is 0 Å². The first kappa shape index (κ1) is 19.6. The lowest BCUT2D eigenvalue weighted by molar-refractivity contribution is 1.18. The van der Waals surface area contributed by atoms with Crippen LogP contribution in [0.15, 0.2) is 91.0 Å². The SMILES string of the molecule is Clc1nc(Cl)c2c(n1)[nH]c1ccc(-c3ccc4c(c3)c3ccccc3n4-c3ccccc3)cc12. The fourth-order valence-corrected chi connectivity index (χ4v) is 5.40. The molecule has 0 radical (unpaired) electrons. The molecule has 1 N–H and O–H groups in total. The average molecular weight is 479 g/mol. The molecule has 3 aromatic heterocycles. The second-order valence-electron chi connectivity index (χ2n) is 8.31. The van der Waals surface area contributed by atoms with Gasteiger partial charge in [0.1, 0.15) is 10.8 Å². The number of rotatable bonds is 2. The highest BCUT2D eigenvalue weighted by Crippen LogP contribution is 2.37. The number of para-hydroxylation sites is 2. The second kappa shape index (κ2) is 7.32. The van der Waals surface area contributed by atoms with Crippen LogP contribution < -0.4 is 0 Å². The summed E-state index contributed by atoms with van der Waals surface area (Å²) in [6.45, 7) is 0. The molecule has 4 aromatic carbocycles. The summed E-state index contributed by atoms with van der Waals surface area (Å²) in [7, 11) is 0. The molecule has 0 saturated carbocycles. The lowest BCUT2D eigenvalue weighted by Crippen LogP contribution is -1.92. The minimum Gasteiger partial charge on any atom is -0.339 e. The van der Waals surface area contributed by atoms with Gasteiger partial charge in [0.25, 0.3) is 0 Å². The summed E-state index contributed by atoms with van der Waals surface area (Å²) in [6.07, 6.45) is 0. The molecule has 0 unspecified atom stereocenters. The summed E-state index contributed by atoms with van der Waals surface area (Å²) >= 11 is 12.4. The molecule has 0 bridgehead atoms. The van der Waals surface area contributed by atoms with E-state index < -0.39 is 0 Å². The number of benzene rings is 4. The Hall–Kier alpha value is -3.86. The number of hydrogen-bond acceptors (Lipinski definition) is 2. The van der Waals surface area contributed by atoms with Gasteiger partial charge in [-0.25, -0.2) is 4.98 Å². The van der Waals surface area contributed by atoms with E-state index in [1.54, 1.807) is 0 Å². The van der Waals surface area contributed by atoms with E-state index in [9.17, 15) is 0 Å². The van der Waals surface area contributed by atoms with E-state index in [2.05, 4.69) is 98.4 Å². The minimum absolute atomic E-state index is 0.129. The summed E-state index contributed by atoms with van der Waals surface area (Å²) in [5.41, 5.74) is 7.32. The van der Waals surface area contributed by atoms with Gasteiger partial charge in [0.05, 0.1) is 16.4 Å². The average Bonchev–Trinajstić information content (AvgIpc) is 3.39. The van der Waals surface area contributed by atoms with Gasteiger partial charge in [-0.15, -0.1) is 0 Å². The Kier molecular flexibility index (Phi) is 4.22. The zero-order valence-electron chi connectivity index (χ0n) is 17.8. The molecule has 6 heteroatoms. The van der Waals surface area contributed by atoms with Gasteiger partial charge in [-0.3, -0.25) is 0 Å². The molecule has 3 heterocycles. The standard InChI is InChI=1S/C28H16Cl2N4/c29-26-25-21-15-16(10-12-22(21)31-27(25)33-28(30)32-26)17-11-13-24-20(14-17)19-8-4-5-9-23(19)34(24)18-6-2-1-3-7-18/h1-15H,(H,31,32,33). The Balaban J connectivity index is 1.48. The van der Waals surface area contributed by atoms with Crippen molar-refractivity contribution >= 4 is 66.9 Å². The van der Waals surface area contributed by atoms with Crippen LogP contribution in [0.4, 0.5) is 0 Å². The number of hydrogen-bond donors (Lipinski definition) is 1. The third-order valence-corrected chi connectivity index (χ3v) is 6.84. The number of nitrogens with zero attached hydrogens (tertiary/aromatic N) is 3. The van der Waals surface area contributed by atoms with Crippen LogP contribution in [-0.2, 0) is 0 Å². The summed E-state index contributed by atoms with van der Waals surface area (Å²) in [5.74, 6) is 0. The normalized spacial score (nSPS) is 11.8. The topological polar surface area (TPSA) is 46.5 Å². The maximum absolute atomic E-state index is 6.43. The Morgan fingerprint density at radius 1 is 0.647 bits per heavy atom. The monoisotopic (exact) mass is 478 g/mol. The maximum atomic E-state index is 6.43. The van der Waals surface area contributed by atoms with Gasteiger partial charge in [-0.1, -0.05) is 60.1 Å². The van der Waals surface area contributed by atoms with E-state index in [1.165, 1.54) is 21.8 Å². The predicted molar refractivity (Wildman–Crippen MR) is 141 cm³/mol. The van der Waals surface area contributed by atoms with Crippen molar-refractivity contribution in [3.63, 3.8) is 0 Å². The fraction of sp³-hybridized carbons (Fsp3) is 0. The van der Waals surface area contributed by atoms with Gasteiger partial charge in [-0.2, -0.15) is 4.98 Å². The minimum atomic E-state index is 0.129. The van der Waals surface area contributed by atoms with Gasteiger partial charge in [-0.05, 0) is 65.2 Å². The van der Waals surface area contributed by atoms with Crippen molar-refractivity contribution < 1.29 is 0 Å². The summed E-state index contributed by atoms with van der Waals surface area (Å²) in [6, 6.07) is 31.9. The second-order valence-corrected chi connectivity index (χ2v) is 9.01. The van der Waals surface area contributed by atoms with Gasteiger partial charge >= 0.3 is 0 Å². The molecule has 7 rings (SSSR count). The van der Waals surface area contributed by atoms with Crippen LogP contribution in [0.1, 0.15) is 0 Å². The number of fused-ring (bicyclic) bond motifs is 6. The Morgan fingerprint density at radius 2 is 1.35 bits per heavy atom. The molecule has 0 amide bonds. The highest BCUT2D eigenvalue weighted by atomic mass is 35.5. The van der Waals surface area contributed by atoms with Gasteiger partial charge in [0.2, 0.25) is 5.28 Å². The van der Waals surface area contributed by atoms with Gasteiger partial charge < -0.3 is 9.55 Å². The Labute approximate surface area is 204 Å². The quantitative estimate of drug-likeness (QED) is 0.201. The highest BCUT2D eigenvalue weighted by molar-refractivity contribution is 6.38. The predicted octanol–water partition coefficient (Wildman–Crippen LogP) is 8.18. The lowest BCUT2D eigenvalue weighted by Gasteiger charge is -2.08. The zero-order chi connectivity index (χ0) is 22.8. The molecule has 7 aromatic rings. The largest absolute Gasteiger partial charge is 0.339 e. The van der Waals surface area contributed by atoms with Crippen molar-refractivity contribution in [2.45, 2.75) is 0 Å². The van der Waals surface area contributed by atoms with E-state index in [1.807, 2.05) is 12.1 Å². The summed E-state index contributed by atoms with van der Waals surface area (Å²) in [5, 5.41) is 4.67. The third-order valence-electron chi connectivity index (χ3n) is 6.40. The zero-order valence-corrected chi connectivity index (χ0v) is 19.3. The van der Waals surface area contributed by atoms with E-state index in [-0.39, 0.29) is 5.28 Å². The van der Waals surface area contributed by atoms with Crippen LogP contribution in [0, 0.1) is 0 Å². The molecule has 4 nitrogen and oxygen atoms in total. The van der Waals surface area contributed by atoms with Crippen LogP contribution in [0.5, 0.6) is 0 Å². The number of halogens is 2. The molecule has 162 valence electrons. The number of H-pyrrole nitrogens is 1. The first-order valence-corrected chi connectivity index (χ1v) is 11.7. The smallest absolute Gasteiger partial charge is 0.225 e. The van der Waals surface area contributed by atoms with Crippen molar-refractivity contribution in [1.29, 1.82) is 0 Å². The number of aromatic nitrogens is 4. The molecule has 0 aliphatic heterocycles. The molecule has 0 fully saturated rings. The van der Waals surface area contributed by atoms with Crippen LogP contribution in [0.25, 0.3) is 60.6 Å². The first-order valence-electron chi connectivity index (χ1n) is 10.9. The van der Waals surface area contributed by atoms with Crippen molar-refractivity contribution in [2.75, 3.05) is 0 Å². The number of aromatic amines is 1. The Bertz CT molecular complexity index is 1880. The molecule has 0 saturated heterocycles.